The first-order valence-electron chi connectivity index (χ1n) is 7.54. The largest absolute Gasteiger partial charge is 0.449 e. The van der Waals surface area contributed by atoms with E-state index in [1.807, 2.05) is 6.07 Å². The fourth-order valence-electron chi connectivity index (χ4n) is 1.93. The highest BCUT2D eigenvalue weighted by Gasteiger charge is 2.17. The maximum Gasteiger partial charge on any atom is 0.331 e. The molecule has 2 aromatic rings. The molecule has 0 aliphatic rings. The SMILES string of the molecule is C[C@@H](OC(=O)/C=C/c1ccc(C#N)cc1)C(=O)Nc1cc(Cl)ccc1Cl. The Morgan fingerprint density at radius 1 is 1.19 bits per heavy atom. The van der Waals surface area contributed by atoms with Crippen molar-refractivity contribution in [2.24, 2.45) is 0 Å². The molecule has 0 aromatic heterocycles. The first kappa shape index (κ1) is 19.5. The zero-order valence-corrected chi connectivity index (χ0v) is 15.2. The Bertz CT molecular complexity index is 887. The van der Waals surface area contributed by atoms with E-state index in [2.05, 4.69) is 5.32 Å². The van der Waals surface area contributed by atoms with Gasteiger partial charge in [0.15, 0.2) is 6.10 Å². The second-order valence-corrected chi connectivity index (χ2v) is 6.10. The van der Waals surface area contributed by atoms with E-state index in [4.69, 9.17) is 33.2 Å². The number of carbonyl (C=O) groups excluding carboxylic acids is 2. The minimum atomic E-state index is -1.02. The quantitative estimate of drug-likeness (QED) is 0.605. The fraction of sp³-hybridized carbons (Fsp3) is 0.105. The van der Waals surface area contributed by atoms with Gasteiger partial charge in [-0.15, -0.1) is 0 Å². The molecule has 0 radical (unpaired) electrons. The first-order chi connectivity index (χ1) is 12.4. The molecule has 0 fully saturated rings. The number of benzene rings is 2. The van der Waals surface area contributed by atoms with Gasteiger partial charge in [0.25, 0.3) is 5.91 Å². The van der Waals surface area contributed by atoms with Crippen molar-refractivity contribution < 1.29 is 14.3 Å². The third kappa shape index (κ3) is 5.62. The number of anilines is 1. The number of nitrogens with one attached hydrogen (secondary N) is 1. The highest BCUT2D eigenvalue weighted by atomic mass is 35.5. The van der Waals surface area contributed by atoms with Gasteiger partial charge in [0.2, 0.25) is 0 Å². The summed E-state index contributed by atoms with van der Waals surface area (Å²) in [4.78, 5) is 24.0. The number of carbonyl (C=O) groups is 2. The molecule has 0 spiro atoms. The molecule has 0 aliphatic heterocycles. The molecular formula is C19H14Cl2N2O3. The molecule has 0 bridgehead atoms. The average molecular weight is 389 g/mol. The summed E-state index contributed by atoms with van der Waals surface area (Å²) >= 11 is 11.8. The lowest BCUT2D eigenvalue weighted by atomic mass is 10.1. The molecule has 132 valence electrons. The Hall–Kier alpha value is -2.81. The maximum absolute atomic E-state index is 12.1. The van der Waals surface area contributed by atoms with Crippen molar-refractivity contribution in [2.45, 2.75) is 13.0 Å². The lowest BCUT2D eigenvalue weighted by Crippen LogP contribution is -2.29. The van der Waals surface area contributed by atoms with Crippen LogP contribution in [0.3, 0.4) is 0 Å². The van der Waals surface area contributed by atoms with E-state index < -0.39 is 18.0 Å². The van der Waals surface area contributed by atoms with E-state index >= 15 is 0 Å². The van der Waals surface area contributed by atoms with Gasteiger partial charge in [-0.25, -0.2) is 4.79 Å². The number of nitriles is 1. The van der Waals surface area contributed by atoms with Crippen LogP contribution in [0.5, 0.6) is 0 Å². The lowest BCUT2D eigenvalue weighted by molar-refractivity contribution is -0.148. The number of ether oxygens (including phenoxy) is 1. The molecule has 0 aliphatic carbocycles. The predicted octanol–water partition coefficient (Wildman–Crippen LogP) is 4.45. The third-order valence-corrected chi connectivity index (χ3v) is 3.86. The van der Waals surface area contributed by atoms with Crippen LogP contribution in [-0.4, -0.2) is 18.0 Å². The minimum Gasteiger partial charge on any atom is -0.449 e. The van der Waals surface area contributed by atoms with E-state index in [0.29, 0.717) is 21.3 Å². The normalized spacial score (nSPS) is 11.6. The zero-order valence-electron chi connectivity index (χ0n) is 13.7. The van der Waals surface area contributed by atoms with Gasteiger partial charge in [0.05, 0.1) is 22.3 Å². The molecule has 2 aromatic carbocycles. The van der Waals surface area contributed by atoms with Crippen molar-refractivity contribution in [1.82, 2.24) is 0 Å². The maximum atomic E-state index is 12.1. The lowest BCUT2D eigenvalue weighted by Gasteiger charge is -2.13. The summed E-state index contributed by atoms with van der Waals surface area (Å²) in [5, 5.41) is 12.0. The molecule has 0 saturated heterocycles. The van der Waals surface area contributed by atoms with Gasteiger partial charge < -0.3 is 10.1 Å². The second-order valence-electron chi connectivity index (χ2n) is 5.26. The van der Waals surface area contributed by atoms with Crippen molar-refractivity contribution in [1.29, 1.82) is 5.26 Å². The molecule has 2 rings (SSSR count). The molecule has 0 saturated carbocycles. The molecule has 5 nitrogen and oxygen atoms in total. The van der Waals surface area contributed by atoms with Gasteiger partial charge in [-0.3, -0.25) is 4.79 Å². The molecule has 1 amide bonds. The Kier molecular flexibility index (Phi) is 6.79. The average Bonchev–Trinajstić information content (AvgIpc) is 2.63. The summed E-state index contributed by atoms with van der Waals surface area (Å²) in [7, 11) is 0. The Morgan fingerprint density at radius 3 is 2.54 bits per heavy atom. The predicted molar refractivity (Wildman–Crippen MR) is 101 cm³/mol. The second kappa shape index (κ2) is 9.04. The molecule has 0 heterocycles. The van der Waals surface area contributed by atoms with Crippen LogP contribution in [0.4, 0.5) is 5.69 Å². The van der Waals surface area contributed by atoms with E-state index in [1.54, 1.807) is 36.4 Å². The summed E-state index contributed by atoms with van der Waals surface area (Å²) in [6.45, 7) is 1.45. The van der Waals surface area contributed by atoms with Crippen molar-refractivity contribution in [3.05, 3.63) is 69.7 Å². The van der Waals surface area contributed by atoms with Crippen molar-refractivity contribution in [3.8, 4) is 6.07 Å². The summed E-state index contributed by atoms with van der Waals surface area (Å²) in [6, 6.07) is 13.3. The molecule has 0 unspecified atom stereocenters. The number of halogens is 2. The van der Waals surface area contributed by atoms with Crippen LogP contribution >= 0.6 is 23.2 Å². The molecule has 1 N–H and O–H groups in total. The monoisotopic (exact) mass is 388 g/mol. The van der Waals surface area contributed by atoms with Crippen molar-refractivity contribution in [2.75, 3.05) is 5.32 Å². The number of nitrogens with zero attached hydrogens (tertiary/aromatic N) is 1. The number of rotatable bonds is 5. The van der Waals surface area contributed by atoms with Crippen LogP contribution in [0.1, 0.15) is 18.1 Å². The van der Waals surface area contributed by atoms with Gasteiger partial charge in [-0.1, -0.05) is 35.3 Å². The van der Waals surface area contributed by atoms with E-state index in [0.717, 1.165) is 5.56 Å². The Morgan fingerprint density at radius 2 is 1.88 bits per heavy atom. The van der Waals surface area contributed by atoms with Crippen molar-refractivity contribution >= 4 is 46.8 Å². The van der Waals surface area contributed by atoms with Crippen molar-refractivity contribution in [3.63, 3.8) is 0 Å². The van der Waals surface area contributed by atoms with Gasteiger partial charge >= 0.3 is 5.97 Å². The van der Waals surface area contributed by atoms with E-state index in [1.165, 1.54) is 25.1 Å². The van der Waals surface area contributed by atoms with Gasteiger partial charge in [0.1, 0.15) is 0 Å². The zero-order chi connectivity index (χ0) is 19.1. The van der Waals surface area contributed by atoms with Crippen LogP contribution in [0, 0.1) is 11.3 Å². The van der Waals surface area contributed by atoms with Crippen LogP contribution < -0.4 is 5.32 Å². The molecule has 1 atom stereocenters. The number of amides is 1. The van der Waals surface area contributed by atoms with Crippen LogP contribution in [-0.2, 0) is 14.3 Å². The van der Waals surface area contributed by atoms with Crippen LogP contribution in [0.25, 0.3) is 6.08 Å². The molecule has 7 heteroatoms. The van der Waals surface area contributed by atoms with Crippen LogP contribution in [0.2, 0.25) is 10.0 Å². The third-order valence-electron chi connectivity index (χ3n) is 3.30. The Labute approximate surface area is 160 Å². The number of hydrogen-bond donors (Lipinski definition) is 1. The summed E-state index contributed by atoms with van der Waals surface area (Å²) in [6.07, 6.45) is 1.71. The molecular weight excluding hydrogens is 375 g/mol. The topological polar surface area (TPSA) is 79.2 Å². The highest BCUT2D eigenvalue weighted by Crippen LogP contribution is 2.25. The van der Waals surface area contributed by atoms with Crippen LogP contribution in [0.15, 0.2) is 48.5 Å². The number of hydrogen-bond acceptors (Lipinski definition) is 4. The number of esters is 1. The highest BCUT2D eigenvalue weighted by molar-refractivity contribution is 6.35. The minimum absolute atomic E-state index is 0.321. The summed E-state index contributed by atoms with van der Waals surface area (Å²) in [5.41, 5.74) is 1.58. The summed E-state index contributed by atoms with van der Waals surface area (Å²) in [5.74, 6) is -1.21. The summed E-state index contributed by atoms with van der Waals surface area (Å²) < 4.78 is 5.05. The smallest absolute Gasteiger partial charge is 0.331 e. The van der Waals surface area contributed by atoms with Gasteiger partial charge in [0, 0.05) is 11.1 Å². The van der Waals surface area contributed by atoms with E-state index in [-0.39, 0.29) is 0 Å². The van der Waals surface area contributed by atoms with E-state index in [9.17, 15) is 9.59 Å². The first-order valence-corrected chi connectivity index (χ1v) is 8.29. The Balaban J connectivity index is 1.93. The fourth-order valence-corrected chi connectivity index (χ4v) is 2.26. The van der Waals surface area contributed by atoms with Gasteiger partial charge in [-0.05, 0) is 48.9 Å². The molecule has 26 heavy (non-hydrogen) atoms. The standard InChI is InChI=1S/C19H14Cl2N2O3/c1-12(19(25)23-17-10-15(20)7-8-16(17)21)26-18(24)9-6-13-2-4-14(11-22)5-3-13/h2-10,12H,1H3,(H,23,25)/b9-6+/t12-/m1/s1. The van der Waals surface area contributed by atoms with Gasteiger partial charge in [-0.2, -0.15) is 5.26 Å².